The number of hydrogen-bond acceptors (Lipinski definition) is 7. The van der Waals surface area contributed by atoms with E-state index in [1.165, 1.54) is 43.8 Å². The molecule has 2 heterocycles. The van der Waals surface area contributed by atoms with Crippen molar-refractivity contribution in [1.82, 2.24) is 19.0 Å². The number of piperazine rings is 1. The topological polar surface area (TPSA) is 82.6 Å². The van der Waals surface area contributed by atoms with Crippen LogP contribution in [0.3, 0.4) is 0 Å². The van der Waals surface area contributed by atoms with Gasteiger partial charge >= 0.3 is 0 Å². The average molecular weight is 497 g/mol. The van der Waals surface area contributed by atoms with Gasteiger partial charge in [-0.05, 0) is 76.1 Å². The van der Waals surface area contributed by atoms with Crippen LogP contribution in [0.2, 0.25) is 0 Å². The Bertz CT molecular complexity index is 904. The van der Waals surface area contributed by atoms with Crippen LogP contribution in [0.1, 0.15) is 24.0 Å². The number of rotatable bonds is 12. The Balaban J connectivity index is 1.36. The normalized spacial score (nSPS) is 17.7. The first-order valence-electron chi connectivity index (χ1n) is 12.1. The highest BCUT2D eigenvalue weighted by Crippen LogP contribution is 2.27. The number of aryl methyl sites for hydroxylation is 2. The first-order valence-corrected chi connectivity index (χ1v) is 13.6. The van der Waals surface area contributed by atoms with E-state index in [2.05, 4.69) is 9.80 Å². The standard InChI is InChI=1S/C24H40N4O5S/c1-20-17-22(32-4)18-21(2)24(20)34(30,31)25(3)15-16-33-19-23(29)28-13-11-27(12-14-28)10-6-9-26-7-5-8-26/h17-18H,5-16,19H2,1-4H3. The molecule has 2 saturated heterocycles. The molecule has 0 unspecified atom stereocenters. The SMILES string of the molecule is COc1cc(C)c(S(=O)(=O)N(C)CCOCC(=O)N2CCN(CCCN3CCC3)CC2)c(C)c1. The summed E-state index contributed by atoms with van der Waals surface area (Å²) in [5.41, 5.74) is 1.28. The van der Waals surface area contributed by atoms with Gasteiger partial charge in [-0.3, -0.25) is 9.69 Å². The number of amides is 1. The van der Waals surface area contributed by atoms with Crippen LogP contribution in [-0.2, 0) is 19.6 Å². The zero-order valence-electron chi connectivity index (χ0n) is 21.1. The molecule has 2 aliphatic rings. The van der Waals surface area contributed by atoms with E-state index in [1.807, 2.05) is 4.90 Å². The van der Waals surface area contributed by atoms with E-state index in [1.54, 1.807) is 33.1 Å². The summed E-state index contributed by atoms with van der Waals surface area (Å²) in [6.07, 6.45) is 2.51. The van der Waals surface area contributed by atoms with Gasteiger partial charge in [0.25, 0.3) is 0 Å². The predicted octanol–water partition coefficient (Wildman–Crippen LogP) is 1.19. The average Bonchev–Trinajstić information content (AvgIpc) is 2.77. The summed E-state index contributed by atoms with van der Waals surface area (Å²) in [5.74, 6) is 0.596. The first kappa shape index (κ1) is 26.9. The quantitative estimate of drug-likeness (QED) is 0.402. The van der Waals surface area contributed by atoms with Crippen molar-refractivity contribution in [2.75, 3.05) is 86.3 Å². The molecule has 34 heavy (non-hydrogen) atoms. The zero-order chi connectivity index (χ0) is 24.7. The number of carbonyl (C=O) groups excluding carboxylic acids is 1. The lowest BCUT2D eigenvalue weighted by molar-refractivity contribution is -0.137. The van der Waals surface area contributed by atoms with Crippen molar-refractivity contribution >= 4 is 15.9 Å². The minimum Gasteiger partial charge on any atom is -0.497 e. The van der Waals surface area contributed by atoms with Crippen molar-refractivity contribution in [3.05, 3.63) is 23.3 Å². The van der Waals surface area contributed by atoms with Gasteiger partial charge in [0.15, 0.2) is 0 Å². The molecule has 1 aromatic carbocycles. The number of carbonyl (C=O) groups is 1. The number of nitrogens with zero attached hydrogens (tertiary/aromatic N) is 4. The number of hydrogen-bond donors (Lipinski definition) is 0. The Morgan fingerprint density at radius 3 is 2.12 bits per heavy atom. The van der Waals surface area contributed by atoms with Gasteiger partial charge in [0.1, 0.15) is 12.4 Å². The summed E-state index contributed by atoms with van der Waals surface area (Å²) in [7, 11) is -0.579. The number of likely N-dealkylation sites (N-methyl/N-ethyl adjacent to an activating group) is 1. The Morgan fingerprint density at radius 1 is 1.00 bits per heavy atom. The molecule has 0 atom stereocenters. The lowest BCUT2D eigenvalue weighted by atomic mass is 10.1. The minimum absolute atomic E-state index is 0.0244. The van der Waals surface area contributed by atoms with Crippen LogP contribution in [0.5, 0.6) is 5.75 Å². The molecule has 3 rings (SSSR count). The maximum absolute atomic E-state index is 13.1. The summed E-state index contributed by atoms with van der Waals surface area (Å²) in [5, 5.41) is 0. The molecule has 2 aliphatic heterocycles. The number of methoxy groups -OCH3 is 1. The molecule has 1 amide bonds. The summed E-state index contributed by atoms with van der Waals surface area (Å²) < 4.78 is 38.2. The van der Waals surface area contributed by atoms with Crippen molar-refractivity contribution in [2.24, 2.45) is 0 Å². The fraction of sp³-hybridized carbons (Fsp3) is 0.708. The van der Waals surface area contributed by atoms with Crippen molar-refractivity contribution in [3.8, 4) is 5.75 Å². The number of ether oxygens (including phenoxy) is 2. The summed E-state index contributed by atoms with van der Waals surface area (Å²) in [4.78, 5) is 19.5. The maximum atomic E-state index is 13.1. The molecule has 0 bridgehead atoms. The Labute approximate surface area is 204 Å². The maximum Gasteiger partial charge on any atom is 0.248 e. The Kier molecular flexibility index (Phi) is 9.73. The number of sulfonamides is 1. The number of likely N-dealkylation sites (tertiary alicyclic amines) is 1. The molecular formula is C24H40N4O5S. The smallest absolute Gasteiger partial charge is 0.248 e. The van der Waals surface area contributed by atoms with Gasteiger partial charge < -0.3 is 19.3 Å². The summed E-state index contributed by atoms with van der Waals surface area (Å²) >= 11 is 0. The van der Waals surface area contributed by atoms with Crippen LogP contribution in [-0.4, -0.2) is 120 Å². The van der Waals surface area contributed by atoms with Crippen LogP contribution in [0.25, 0.3) is 0 Å². The van der Waals surface area contributed by atoms with E-state index >= 15 is 0 Å². The van der Waals surface area contributed by atoms with E-state index in [4.69, 9.17) is 9.47 Å². The second-order valence-electron chi connectivity index (χ2n) is 9.24. The monoisotopic (exact) mass is 496 g/mol. The molecule has 0 aromatic heterocycles. The lowest BCUT2D eigenvalue weighted by Gasteiger charge is -2.36. The fourth-order valence-electron chi connectivity index (χ4n) is 4.50. The van der Waals surface area contributed by atoms with Crippen LogP contribution in [0, 0.1) is 13.8 Å². The van der Waals surface area contributed by atoms with E-state index in [9.17, 15) is 13.2 Å². The van der Waals surface area contributed by atoms with Gasteiger partial charge in [-0.1, -0.05) is 0 Å². The highest BCUT2D eigenvalue weighted by atomic mass is 32.2. The molecule has 1 aromatic rings. The third-order valence-electron chi connectivity index (χ3n) is 6.74. The molecule has 10 heteroatoms. The van der Waals surface area contributed by atoms with Gasteiger partial charge in [-0.15, -0.1) is 0 Å². The molecule has 0 N–H and O–H groups in total. The van der Waals surface area contributed by atoms with Crippen LogP contribution in [0.15, 0.2) is 17.0 Å². The van der Waals surface area contributed by atoms with E-state index in [0.717, 1.165) is 32.7 Å². The van der Waals surface area contributed by atoms with Crippen molar-refractivity contribution in [2.45, 2.75) is 31.6 Å². The molecule has 192 valence electrons. The van der Waals surface area contributed by atoms with Gasteiger partial charge in [0.05, 0.1) is 18.6 Å². The van der Waals surface area contributed by atoms with E-state index < -0.39 is 10.0 Å². The van der Waals surface area contributed by atoms with Crippen LogP contribution in [0.4, 0.5) is 0 Å². The van der Waals surface area contributed by atoms with Crippen LogP contribution >= 0.6 is 0 Å². The van der Waals surface area contributed by atoms with Crippen LogP contribution < -0.4 is 4.74 Å². The molecular weight excluding hydrogens is 456 g/mol. The highest BCUT2D eigenvalue weighted by Gasteiger charge is 2.26. The fourth-order valence-corrected chi connectivity index (χ4v) is 6.06. The van der Waals surface area contributed by atoms with Crippen molar-refractivity contribution < 1.29 is 22.7 Å². The molecule has 0 radical (unpaired) electrons. The van der Waals surface area contributed by atoms with Gasteiger partial charge in [-0.25, -0.2) is 8.42 Å². The Morgan fingerprint density at radius 2 is 1.59 bits per heavy atom. The van der Waals surface area contributed by atoms with E-state index in [-0.39, 0.29) is 30.6 Å². The van der Waals surface area contributed by atoms with Gasteiger partial charge in [0.2, 0.25) is 15.9 Å². The second kappa shape index (κ2) is 12.3. The largest absolute Gasteiger partial charge is 0.497 e. The minimum atomic E-state index is -3.67. The molecule has 0 aliphatic carbocycles. The molecule has 2 fully saturated rings. The number of benzene rings is 1. The summed E-state index contributed by atoms with van der Waals surface area (Å²) in [6.45, 7) is 11.8. The van der Waals surface area contributed by atoms with Crippen molar-refractivity contribution in [3.63, 3.8) is 0 Å². The Hall–Kier alpha value is -1.72. The van der Waals surface area contributed by atoms with Crippen molar-refractivity contribution in [1.29, 1.82) is 0 Å². The molecule has 0 spiro atoms. The zero-order valence-corrected chi connectivity index (χ0v) is 21.9. The van der Waals surface area contributed by atoms with E-state index in [0.29, 0.717) is 16.9 Å². The molecule has 0 saturated carbocycles. The highest BCUT2D eigenvalue weighted by molar-refractivity contribution is 7.89. The molecule has 9 nitrogen and oxygen atoms in total. The predicted molar refractivity (Wildman–Crippen MR) is 132 cm³/mol. The second-order valence-corrected chi connectivity index (χ2v) is 11.2. The summed E-state index contributed by atoms with van der Waals surface area (Å²) in [6, 6.07) is 3.43. The van der Waals surface area contributed by atoms with Gasteiger partial charge in [-0.2, -0.15) is 4.31 Å². The third-order valence-corrected chi connectivity index (χ3v) is 8.90. The lowest BCUT2D eigenvalue weighted by Crippen LogP contribution is -2.50. The third kappa shape index (κ3) is 6.91. The van der Waals surface area contributed by atoms with Gasteiger partial charge in [0, 0.05) is 39.8 Å². The first-order chi connectivity index (χ1) is 16.2.